The average molecular weight is 1230 g/mol. The normalized spacial score (nSPS) is 12.6. The minimum atomic E-state index is -3.81. The molecular formula is C67H63N9O9S3. The minimum Gasteiger partial charge on any atom is -0.506 e. The van der Waals surface area contributed by atoms with Crippen LogP contribution in [-0.4, -0.2) is 85.6 Å². The molecule has 0 bridgehead atoms. The molecule has 0 saturated carbocycles. The van der Waals surface area contributed by atoms with Gasteiger partial charge in [0.15, 0.2) is 0 Å². The van der Waals surface area contributed by atoms with Gasteiger partial charge in [-0.25, -0.2) is 25.3 Å². The Morgan fingerprint density at radius 2 is 0.614 bits per heavy atom. The summed E-state index contributed by atoms with van der Waals surface area (Å²) in [7, 11) is -11.3. The maximum atomic E-state index is 13.4. The molecule has 0 atom stereocenters. The number of aromatic nitrogens is 9. The summed E-state index contributed by atoms with van der Waals surface area (Å²) in [4.78, 5) is 4.78. The van der Waals surface area contributed by atoms with Gasteiger partial charge in [-0.1, -0.05) is 135 Å². The molecule has 12 rings (SSSR count). The summed E-state index contributed by atoms with van der Waals surface area (Å²) < 4.78 is 79.4. The van der Waals surface area contributed by atoms with E-state index < -0.39 is 29.5 Å². The molecule has 3 heterocycles. The van der Waals surface area contributed by atoms with Gasteiger partial charge >= 0.3 is 0 Å². The van der Waals surface area contributed by atoms with Crippen LogP contribution in [0.1, 0.15) is 90.1 Å². The lowest BCUT2D eigenvalue weighted by Gasteiger charge is -2.24. The van der Waals surface area contributed by atoms with Gasteiger partial charge in [-0.2, -0.15) is 0 Å². The molecule has 0 saturated heterocycles. The van der Waals surface area contributed by atoms with Crippen molar-refractivity contribution in [2.75, 3.05) is 0 Å². The molecule has 9 aromatic carbocycles. The maximum Gasteiger partial charge on any atom is 0.206 e. The summed E-state index contributed by atoms with van der Waals surface area (Å²) in [6.45, 7) is 18.5. The number of phenols is 3. The third-order valence-electron chi connectivity index (χ3n) is 15.1. The predicted molar refractivity (Wildman–Crippen MR) is 336 cm³/mol. The lowest BCUT2D eigenvalue weighted by atomic mass is 9.83. The molecule has 21 heteroatoms. The minimum absolute atomic E-state index is 0.0513. The molecule has 88 heavy (non-hydrogen) atoms. The van der Waals surface area contributed by atoms with E-state index >= 15 is 0 Å². The summed E-state index contributed by atoms with van der Waals surface area (Å²) in [5.41, 5.74) is 6.36. The van der Waals surface area contributed by atoms with Crippen molar-refractivity contribution in [3.63, 3.8) is 0 Å². The van der Waals surface area contributed by atoms with Crippen LogP contribution in [-0.2, 0) is 52.2 Å². The van der Waals surface area contributed by atoms with Crippen molar-refractivity contribution in [3.05, 3.63) is 216 Å². The standard InChI is InChI=1S/C45H42N6O6S2.C22H21N3O3S/c1-44(2,3)30-22-28(42(52)40(24-30)50-46-36-19-17-34(26-38(36)48-50)58(54,55)32-13-9-7-10-14-32)21-29-23-31(45(4,5)6)25-41(43(29)53)51-47-37-20-18-35(27-39(37)49-51)59(56,57)33-15-11-8-12-16-33;1-22(2,3)15-9-12-21(26)20(13-15)25-23-18-11-10-17(14-19(18)24-25)29(27,28)16-7-5-4-6-8-16/h7-20,22-27,52-53H,21H2,1-6H3;4-14,26H,1-3H3. The molecule has 0 fully saturated rings. The van der Waals surface area contributed by atoms with Gasteiger partial charge in [0, 0.05) is 17.5 Å². The van der Waals surface area contributed by atoms with E-state index in [1.807, 2.05) is 77.9 Å². The quantitative estimate of drug-likeness (QED) is 0.109. The SMILES string of the molecule is CC(C)(C)c1cc(Cc2cc(C(C)(C)C)cc(-n3nc4ccc(S(=O)(=O)c5ccccc5)cc4n3)c2O)c(O)c(-n2nc3ccc(S(=O)(=O)c4ccccc4)cc3n2)c1.CC(C)(C)c1ccc(O)c(-n2nc3ccc(S(=O)(=O)c4ccccc4)cc3n2)c1. The van der Waals surface area contributed by atoms with Crippen molar-refractivity contribution >= 4 is 62.6 Å². The Morgan fingerprint density at radius 1 is 0.318 bits per heavy atom. The summed E-state index contributed by atoms with van der Waals surface area (Å²) in [5, 5.41) is 61.6. The maximum absolute atomic E-state index is 13.4. The molecule has 0 aliphatic carbocycles. The van der Waals surface area contributed by atoms with E-state index in [4.69, 9.17) is 0 Å². The Balaban J connectivity index is 0.000000230. The predicted octanol–water partition coefficient (Wildman–Crippen LogP) is 12.7. The molecule has 12 aromatic rings. The number of hydrogen-bond donors (Lipinski definition) is 3. The van der Waals surface area contributed by atoms with Gasteiger partial charge in [-0.3, -0.25) is 0 Å². The highest BCUT2D eigenvalue weighted by Gasteiger charge is 2.28. The first-order chi connectivity index (χ1) is 41.5. The summed E-state index contributed by atoms with van der Waals surface area (Å²) in [6, 6.07) is 51.1. The van der Waals surface area contributed by atoms with Crippen molar-refractivity contribution in [1.29, 1.82) is 0 Å². The zero-order valence-electron chi connectivity index (χ0n) is 49.6. The third-order valence-corrected chi connectivity index (χ3v) is 20.4. The number of aromatic hydroxyl groups is 3. The molecule has 3 N–H and O–H groups in total. The van der Waals surface area contributed by atoms with Crippen LogP contribution in [0.3, 0.4) is 0 Å². The number of rotatable bonds is 11. The molecule has 0 unspecified atom stereocenters. The van der Waals surface area contributed by atoms with E-state index in [1.165, 1.54) is 75.1 Å². The molecule has 0 aliphatic rings. The lowest BCUT2D eigenvalue weighted by molar-refractivity contribution is 0.453. The largest absolute Gasteiger partial charge is 0.506 e. The van der Waals surface area contributed by atoms with Crippen LogP contribution in [0.4, 0.5) is 0 Å². The zero-order valence-corrected chi connectivity index (χ0v) is 52.1. The van der Waals surface area contributed by atoms with Gasteiger partial charge in [0.05, 0.1) is 29.4 Å². The van der Waals surface area contributed by atoms with Crippen molar-refractivity contribution in [2.45, 2.75) is 114 Å². The van der Waals surface area contributed by atoms with Crippen LogP contribution >= 0.6 is 0 Å². The van der Waals surface area contributed by atoms with Crippen LogP contribution in [0.5, 0.6) is 17.2 Å². The second kappa shape index (κ2) is 22.3. The molecule has 3 aromatic heterocycles. The Morgan fingerprint density at radius 3 is 0.932 bits per heavy atom. The van der Waals surface area contributed by atoms with E-state index in [1.54, 1.807) is 91.0 Å². The van der Waals surface area contributed by atoms with Crippen molar-refractivity contribution in [2.24, 2.45) is 0 Å². The van der Waals surface area contributed by atoms with E-state index in [0.717, 1.165) is 16.7 Å². The first-order valence-corrected chi connectivity index (χ1v) is 32.5. The van der Waals surface area contributed by atoms with Crippen molar-refractivity contribution < 1.29 is 40.6 Å². The van der Waals surface area contributed by atoms with Crippen LogP contribution in [0.15, 0.2) is 217 Å². The van der Waals surface area contributed by atoms with Gasteiger partial charge in [-0.15, -0.1) is 45.0 Å². The second-order valence-electron chi connectivity index (χ2n) is 24.5. The molecule has 0 radical (unpaired) electrons. The van der Waals surface area contributed by atoms with E-state index in [0.29, 0.717) is 49.9 Å². The Labute approximate surface area is 509 Å². The van der Waals surface area contributed by atoms with E-state index in [2.05, 4.69) is 51.4 Å². The molecule has 448 valence electrons. The second-order valence-corrected chi connectivity index (χ2v) is 30.4. The highest BCUT2D eigenvalue weighted by atomic mass is 32.2. The average Bonchev–Trinajstić information content (AvgIpc) is 2.83. The smallest absolute Gasteiger partial charge is 0.206 e. The third kappa shape index (κ3) is 11.7. The summed E-state index contributed by atoms with van der Waals surface area (Å²) >= 11 is 0. The molecule has 0 spiro atoms. The number of phenolic OH excluding ortho intramolecular Hbond substituents is 3. The van der Waals surface area contributed by atoms with Crippen LogP contribution in [0, 0.1) is 0 Å². The number of nitrogens with zero attached hydrogens (tertiary/aromatic N) is 9. The van der Waals surface area contributed by atoms with Crippen LogP contribution in [0.25, 0.3) is 50.2 Å². The topological polar surface area (TPSA) is 255 Å². The van der Waals surface area contributed by atoms with Crippen LogP contribution < -0.4 is 0 Å². The first-order valence-electron chi connectivity index (χ1n) is 28.1. The van der Waals surface area contributed by atoms with Gasteiger partial charge in [0.25, 0.3) is 0 Å². The fourth-order valence-electron chi connectivity index (χ4n) is 9.87. The molecule has 0 amide bonds. The Bertz CT molecular complexity index is 4820. The number of fused-ring (bicyclic) bond motifs is 3. The molecule has 0 aliphatic heterocycles. The van der Waals surface area contributed by atoms with Crippen molar-refractivity contribution in [1.82, 2.24) is 45.0 Å². The first kappa shape index (κ1) is 60.1. The summed E-state index contributed by atoms with van der Waals surface area (Å²) in [5.74, 6) is -0.184. The molecular weight excluding hydrogens is 1170 g/mol. The fourth-order valence-corrected chi connectivity index (χ4v) is 13.8. The Hall–Kier alpha value is -9.57. The monoisotopic (exact) mass is 1230 g/mol. The highest BCUT2D eigenvalue weighted by molar-refractivity contribution is 7.92. The lowest BCUT2D eigenvalue weighted by Crippen LogP contribution is -2.15. The van der Waals surface area contributed by atoms with Gasteiger partial charge in [0.2, 0.25) is 29.5 Å². The molecule has 18 nitrogen and oxygen atoms in total. The summed E-state index contributed by atoms with van der Waals surface area (Å²) in [6.07, 6.45) is 0.0893. The highest BCUT2D eigenvalue weighted by Crippen LogP contribution is 2.40. The van der Waals surface area contributed by atoms with Crippen molar-refractivity contribution in [3.8, 4) is 34.3 Å². The van der Waals surface area contributed by atoms with E-state index in [9.17, 15) is 40.6 Å². The number of benzene rings is 9. The number of sulfone groups is 3. The number of hydrogen-bond acceptors (Lipinski definition) is 15. The van der Waals surface area contributed by atoms with Crippen LogP contribution in [0.2, 0.25) is 0 Å². The van der Waals surface area contributed by atoms with Gasteiger partial charge in [0.1, 0.15) is 67.4 Å². The van der Waals surface area contributed by atoms with Gasteiger partial charge < -0.3 is 15.3 Å². The zero-order chi connectivity index (χ0) is 62.9. The van der Waals surface area contributed by atoms with Gasteiger partial charge in [-0.05, 0) is 148 Å². The fraction of sp³-hybridized carbons (Fsp3) is 0.194. The Kier molecular flexibility index (Phi) is 15.2. The van der Waals surface area contributed by atoms with E-state index in [-0.39, 0.29) is 80.7 Å².